The van der Waals surface area contributed by atoms with Crippen LogP contribution in [0.15, 0.2) is 48.5 Å². The van der Waals surface area contributed by atoms with Crippen molar-refractivity contribution in [1.82, 2.24) is 0 Å². The molecular weight excluding hydrogens is 341 g/mol. The number of rotatable bonds is 2. The number of esters is 1. The van der Waals surface area contributed by atoms with Crippen LogP contribution in [0.2, 0.25) is 0 Å². The van der Waals surface area contributed by atoms with Gasteiger partial charge < -0.3 is 4.74 Å². The molecule has 0 aliphatic carbocycles. The van der Waals surface area contributed by atoms with E-state index in [4.69, 9.17) is 4.74 Å². The van der Waals surface area contributed by atoms with Gasteiger partial charge in [0.05, 0.1) is 12.0 Å². The van der Waals surface area contributed by atoms with Crippen LogP contribution in [0.3, 0.4) is 0 Å². The lowest BCUT2D eigenvalue weighted by atomic mass is 10.1. The van der Waals surface area contributed by atoms with E-state index in [2.05, 4.69) is 0 Å². The summed E-state index contributed by atoms with van der Waals surface area (Å²) in [5.74, 6) is -1.14. The average molecular weight is 355 g/mol. The number of carbonyl (C=O) groups excluding carboxylic acids is 2. The Morgan fingerprint density at radius 3 is 2.76 bits per heavy atom. The molecule has 0 saturated heterocycles. The molecule has 0 unspecified atom stereocenters. The summed E-state index contributed by atoms with van der Waals surface area (Å²) < 4.78 is 19.5. The Kier molecular flexibility index (Phi) is 3.77. The number of benzene rings is 2. The zero-order valence-electron chi connectivity index (χ0n) is 13.4. The Labute approximate surface area is 147 Å². The van der Waals surface area contributed by atoms with Crippen LogP contribution in [-0.4, -0.2) is 25.0 Å². The van der Waals surface area contributed by atoms with Crippen molar-refractivity contribution >= 4 is 39.0 Å². The van der Waals surface area contributed by atoms with E-state index in [-0.39, 0.29) is 11.7 Å². The Hall–Kier alpha value is -2.73. The first kappa shape index (κ1) is 15.8. The van der Waals surface area contributed by atoms with E-state index in [0.29, 0.717) is 27.1 Å². The topological polar surface area (TPSA) is 46.6 Å². The molecule has 2 heterocycles. The molecule has 4 rings (SSSR count). The van der Waals surface area contributed by atoms with Gasteiger partial charge in [-0.1, -0.05) is 24.3 Å². The molecule has 1 aliphatic heterocycles. The molecule has 6 heteroatoms. The molecular formula is C19H14FNO3S. The lowest BCUT2D eigenvalue weighted by molar-refractivity contribution is -0.141. The van der Waals surface area contributed by atoms with Crippen LogP contribution in [-0.2, 0) is 16.0 Å². The molecule has 0 bridgehead atoms. The Balaban J connectivity index is 1.80. The normalized spacial score (nSPS) is 16.1. The van der Waals surface area contributed by atoms with Crippen molar-refractivity contribution < 1.29 is 18.7 Å². The van der Waals surface area contributed by atoms with E-state index in [1.807, 2.05) is 24.3 Å². The van der Waals surface area contributed by atoms with Crippen LogP contribution in [0.1, 0.15) is 15.2 Å². The molecule has 1 aromatic heterocycles. The number of fused-ring (bicyclic) bond motifs is 2. The molecule has 0 spiro atoms. The van der Waals surface area contributed by atoms with Gasteiger partial charge in [-0.3, -0.25) is 9.69 Å². The van der Waals surface area contributed by atoms with Gasteiger partial charge in [0.2, 0.25) is 0 Å². The monoisotopic (exact) mass is 355 g/mol. The summed E-state index contributed by atoms with van der Waals surface area (Å²) in [6, 6.07) is 13.0. The fourth-order valence-electron chi connectivity index (χ4n) is 3.21. The maximum Gasteiger partial charge on any atom is 0.329 e. The number of carbonyl (C=O) groups is 2. The first-order chi connectivity index (χ1) is 12.1. The predicted octanol–water partition coefficient (Wildman–Crippen LogP) is 3.78. The smallest absolute Gasteiger partial charge is 0.329 e. The van der Waals surface area contributed by atoms with E-state index in [9.17, 15) is 14.0 Å². The van der Waals surface area contributed by atoms with E-state index in [0.717, 1.165) is 5.56 Å². The van der Waals surface area contributed by atoms with Gasteiger partial charge in [0.15, 0.2) is 0 Å². The fourth-order valence-corrected chi connectivity index (χ4v) is 4.22. The van der Waals surface area contributed by atoms with E-state index >= 15 is 0 Å². The maximum atomic E-state index is 13.9. The van der Waals surface area contributed by atoms with Gasteiger partial charge in [0.1, 0.15) is 11.9 Å². The highest BCUT2D eigenvalue weighted by Crippen LogP contribution is 2.36. The minimum Gasteiger partial charge on any atom is -0.467 e. The second kappa shape index (κ2) is 5.97. The van der Waals surface area contributed by atoms with Crippen molar-refractivity contribution in [2.75, 3.05) is 12.0 Å². The fraction of sp³-hybridized carbons (Fsp3) is 0.158. The van der Waals surface area contributed by atoms with E-state index < -0.39 is 12.0 Å². The number of nitrogens with zero attached hydrogens (tertiary/aromatic N) is 1. The van der Waals surface area contributed by atoms with Crippen molar-refractivity contribution in [2.45, 2.75) is 12.5 Å². The van der Waals surface area contributed by atoms with Crippen LogP contribution < -0.4 is 4.90 Å². The molecule has 126 valence electrons. The number of para-hydroxylation sites is 1. The van der Waals surface area contributed by atoms with Gasteiger partial charge in [0.25, 0.3) is 5.91 Å². The standard InChI is InChI=1S/C19H14FNO3S/c1-24-19(23)15-9-11-5-2-3-7-14(11)21(15)18(22)17-10-12-13(20)6-4-8-16(12)25-17/h2-8,10,15H,9H2,1H3/t15-/m0/s1. The van der Waals surface area contributed by atoms with Crippen molar-refractivity contribution in [3.63, 3.8) is 0 Å². The maximum absolute atomic E-state index is 13.9. The third-order valence-corrected chi connectivity index (χ3v) is 5.48. The molecule has 1 amide bonds. The van der Waals surface area contributed by atoms with Crippen molar-refractivity contribution in [2.24, 2.45) is 0 Å². The summed E-state index contributed by atoms with van der Waals surface area (Å²) in [7, 11) is 1.31. The number of amides is 1. The molecule has 0 saturated carbocycles. The number of hydrogen-bond donors (Lipinski definition) is 0. The van der Waals surface area contributed by atoms with Crippen LogP contribution in [0.4, 0.5) is 10.1 Å². The van der Waals surface area contributed by atoms with Crippen molar-refractivity contribution in [1.29, 1.82) is 0 Å². The predicted molar refractivity (Wildman–Crippen MR) is 94.5 cm³/mol. The Morgan fingerprint density at radius 2 is 2.00 bits per heavy atom. The minimum atomic E-state index is -0.704. The van der Waals surface area contributed by atoms with Gasteiger partial charge in [-0.15, -0.1) is 11.3 Å². The molecule has 0 radical (unpaired) electrons. The van der Waals surface area contributed by atoms with Crippen LogP contribution >= 0.6 is 11.3 Å². The minimum absolute atomic E-state index is 0.319. The van der Waals surface area contributed by atoms with Gasteiger partial charge in [-0.25, -0.2) is 9.18 Å². The first-order valence-corrected chi connectivity index (χ1v) is 8.59. The number of anilines is 1. The zero-order chi connectivity index (χ0) is 17.6. The summed E-state index contributed by atoms with van der Waals surface area (Å²) in [4.78, 5) is 27.2. The first-order valence-electron chi connectivity index (χ1n) is 7.77. The van der Waals surface area contributed by atoms with Crippen molar-refractivity contribution in [3.8, 4) is 0 Å². The Morgan fingerprint density at radius 1 is 1.20 bits per heavy atom. The SMILES string of the molecule is COC(=O)[C@@H]1Cc2ccccc2N1C(=O)c1cc2c(F)cccc2s1. The number of thiophene rings is 1. The highest BCUT2D eigenvalue weighted by Gasteiger charge is 2.39. The third kappa shape index (κ3) is 2.49. The second-order valence-corrected chi connectivity index (χ2v) is 6.89. The highest BCUT2D eigenvalue weighted by atomic mass is 32.1. The van der Waals surface area contributed by atoms with Gasteiger partial charge in [0, 0.05) is 22.2 Å². The van der Waals surface area contributed by atoms with Crippen LogP contribution in [0.5, 0.6) is 0 Å². The van der Waals surface area contributed by atoms with Crippen molar-refractivity contribution in [3.05, 3.63) is 64.8 Å². The Bertz CT molecular complexity index is 997. The second-order valence-electron chi connectivity index (χ2n) is 5.81. The average Bonchev–Trinajstić information content (AvgIpc) is 3.23. The summed E-state index contributed by atoms with van der Waals surface area (Å²) >= 11 is 1.22. The lowest BCUT2D eigenvalue weighted by Gasteiger charge is -2.23. The van der Waals surface area contributed by atoms with Gasteiger partial charge >= 0.3 is 5.97 Å². The molecule has 1 atom stereocenters. The van der Waals surface area contributed by atoms with E-state index in [1.54, 1.807) is 18.2 Å². The number of halogens is 1. The summed E-state index contributed by atoms with van der Waals surface area (Å²) in [6.45, 7) is 0. The van der Waals surface area contributed by atoms with Crippen LogP contribution in [0, 0.1) is 5.82 Å². The van der Waals surface area contributed by atoms with Crippen LogP contribution in [0.25, 0.3) is 10.1 Å². The number of methoxy groups -OCH3 is 1. The van der Waals surface area contributed by atoms with E-state index in [1.165, 1.54) is 29.4 Å². The van der Waals surface area contributed by atoms with Gasteiger partial charge in [-0.2, -0.15) is 0 Å². The summed E-state index contributed by atoms with van der Waals surface area (Å²) in [5, 5.41) is 0.415. The quantitative estimate of drug-likeness (QED) is 0.657. The number of hydrogen-bond acceptors (Lipinski definition) is 4. The molecule has 3 aromatic rings. The largest absolute Gasteiger partial charge is 0.467 e. The number of ether oxygens (including phenoxy) is 1. The molecule has 4 nitrogen and oxygen atoms in total. The molecule has 0 fully saturated rings. The lowest BCUT2D eigenvalue weighted by Crippen LogP contribution is -2.43. The molecule has 0 N–H and O–H groups in total. The summed E-state index contributed by atoms with van der Waals surface area (Å²) in [6.07, 6.45) is 0.411. The molecule has 2 aromatic carbocycles. The third-order valence-electron chi connectivity index (χ3n) is 4.39. The highest BCUT2D eigenvalue weighted by molar-refractivity contribution is 7.20. The van der Waals surface area contributed by atoms with Gasteiger partial charge in [-0.05, 0) is 29.8 Å². The summed E-state index contributed by atoms with van der Waals surface area (Å²) in [5.41, 5.74) is 1.61. The molecule has 25 heavy (non-hydrogen) atoms. The molecule has 1 aliphatic rings. The zero-order valence-corrected chi connectivity index (χ0v) is 14.2.